The minimum atomic E-state index is 0.0571. The van der Waals surface area contributed by atoms with Crippen molar-refractivity contribution in [2.24, 2.45) is 0 Å². The predicted octanol–water partition coefficient (Wildman–Crippen LogP) is 5.90. The fraction of sp³-hybridized carbons (Fsp3) is 0.0645. The quantitative estimate of drug-likeness (QED) is 0.284. The lowest BCUT2D eigenvalue weighted by Crippen LogP contribution is -2.11. The molecule has 6 rings (SSSR count). The lowest BCUT2D eigenvalue weighted by Gasteiger charge is -2.11. The third-order valence-electron chi connectivity index (χ3n) is 6.23. The van der Waals surface area contributed by atoms with E-state index in [1.54, 1.807) is 6.33 Å². The normalized spacial score (nSPS) is 11.0. The summed E-state index contributed by atoms with van der Waals surface area (Å²) < 4.78 is 1.85. The van der Waals surface area contributed by atoms with Crippen molar-refractivity contribution in [3.63, 3.8) is 0 Å². The summed E-state index contributed by atoms with van der Waals surface area (Å²) in [5.74, 6) is 0.678. The highest BCUT2D eigenvalue weighted by Gasteiger charge is 2.15. The summed E-state index contributed by atoms with van der Waals surface area (Å²) in [6.45, 7) is 0. The number of para-hydroxylation sites is 1. The van der Waals surface area contributed by atoms with Gasteiger partial charge in [-0.1, -0.05) is 84.9 Å². The summed E-state index contributed by atoms with van der Waals surface area (Å²) in [6, 6.07) is 35.8. The molecule has 6 aromatic rings. The zero-order valence-electron chi connectivity index (χ0n) is 20.0. The molecule has 0 fully saturated rings. The molecule has 37 heavy (non-hydrogen) atoms. The maximum Gasteiger partial charge on any atom is 0.144 e. The van der Waals surface area contributed by atoms with Gasteiger partial charge in [0, 0.05) is 23.2 Å². The average molecular weight is 482 g/mol. The second-order valence-electron chi connectivity index (χ2n) is 8.82. The summed E-state index contributed by atoms with van der Waals surface area (Å²) in [5, 5.41) is 8.19. The van der Waals surface area contributed by atoms with Gasteiger partial charge in [0.05, 0.1) is 28.8 Å². The van der Waals surface area contributed by atoms with Crippen molar-refractivity contribution in [2.75, 3.05) is 0 Å². The van der Waals surface area contributed by atoms with E-state index in [1.807, 2.05) is 114 Å². The molecule has 0 aliphatic heterocycles. The SMILES string of the molecule is O=C(Cc1ccc2nc(-c3ccccc3)c(-c3ccccc3)nc2c1)Cc1nncn1-c1ccccc1. The number of hydrogen-bond acceptors (Lipinski definition) is 5. The average Bonchev–Trinajstić information content (AvgIpc) is 3.41. The number of fused-ring (bicyclic) bond motifs is 1. The van der Waals surface area contributed by atoms with E-state index in [0.717, 1.165) is 44.8 Å². The molecule has 6 nitrogen and oxygen atoms in total. The van der Waals surface area contributed by atoms with Gasteiger partial charge < -0.3 is 0 Å². The number of ketones is 1. The van der Waals surface area contributed by atoms with E-state index in [1.165, 1.54) is 0 Å². The molecule has 2 heterocycles. The van der Waals surface area contributed by atoms with Crippen molar-refractivity contribution < 1.29 is 4.79 Å². The Morgan fingerprint density at radius 2 is 1.24 bits per heavy atom. The van der Waals surface area contributed by atoms with Crippen LogP contribution in [0.15, 0.2) is 116 Å². The summed E-state index contributed by atoms with van der Waals surface area (Å²) in [5.41, 5.74) is 7.04. The minimum Gasteiger partial charge on any atom is -0.299 e. The molecule has 0 saturated carbocycles. The van der Waals surface area contributed by atoms with Gasteiger partial charge in [0.1, 0.15) is 17.9 Å². The number of hydrogen-bond donors (Lipinski definition) is 0. The van der Waals surface area contributed by atoms with Gasteiger partial charge in [-0.25, -0.2) is 9.97 Å². The highest BCUT2D eigenvalue weighted by atomic mass is 16.1. The second-order valence-corrected chi connectivity index (χ2v) is 8.82. The van der Waals surface area contributed by atoms with Gasteiger partial charge in [0.2, 0.25) is 0 Å². The number of rotatable bonds is 7. The molecule has 0 aliphatic carbocycles. The molecule has 0 amide bonds. The zero-order chi connectivity index (χ0) is 25.0. The molecule has 0 atom stereocenters. The van der Waals surface area contributed by atoms with Crippen molar-refractivity contribution in [1.82, 2.24) is 24.7 Å². The van der Waals surface area contributed by atoms with E-state index in [0.29, 0.717) is 5.82 Å². The van der Waals surface area contributed by atoms with Crippen LogP contribution in [0.5, 0.6) is 0 Å². The van der Waals surface area contributed by atoms with E-state index < -0.39 is 0 Å². The van der Waals surface area contributed by atoms with Gasteiger partial charge in [0.15, 0.2) is 0 Å². The number of benzene rings is 4. The number of aromatic nitrogens is 5. The molecule has 0 unspecified atom stereocenters. The number of nitrogens with zero attached hydrogens (tertiary/aromatic N) is 5. The van der Waals surface area contributed by atoms with Gasteiger partial charge >= 0.3 is 0 Å². The molecule has 0 radical (unpaired) electrons. The molecule has 0 aliphatic rings. The van der Waals surface area contributed by atoms with Gasteiger partial charge in [-0.3, -0.25) is 9.36 Å². The first-order valence-corrected chi connectivity index (χ1v) is 12.1. The topological polar surface area (TPSA) is 73.6 Å². The van der Waals surface area contributed by atoms with Crippen LogP contribution in [0.25, 0.3) is 39.2 Å². The first-order chi connectivity index (χ1) is 18.2. The third-order valence-corrected chi connectivity index (χ3v) is 6.23. The van der Waals surface area contributed by atoms with E-state index in [-0.39, 0.29) is 18.6 Å². The third kappa shape index (κ3) is 4.77. The number of carbonyl (C=O) groups is 1. The van der Waals surface area contributed by atoms with Crippen molar-refractivity contribution in [3.05, 3.63) is 127 Å². The van der Waals surface area contributed by atoms with Crippen molar-refractivity contribution in [2.45, 2.75) is 12.8 Å². The lowest BCUT2D eigenvalue weighted by molar-refractivity contribution is -0.117. The van der Waals surface area contributed by atoms with E-state index >= 15 is 0 Å². The Balaban J connectivity index is 1.31. The maximum absolute atomic E-state index is 13.0. The van der Waals surface area contributed by atoms with Crippen LogP contribution >= 0.6 is 0 Å². The number of carbonyl (C=O) groups excluding carboxylic acids is 1. The molecule has 0 saturated heterocycles. The molecule has 6 heteroatoms. The monoisotopic (exact) mass is 481 g/mol. The van der Waals surface area contributed by atoms with Crippen LogP contribution in [-0.4, -0.2) is 30.5 Å². The molecule has 4 aromatic carbocycles. The molecule has 0 N–H and O–H groups in total. The minimum absolute atomic E-state index is 0.0571. The Hall–Kier alpha value is -4.97. The zero-order valence-corrected chi connectivity index (χ0v) is 20.0. The second kappa shape index (κ2) is 9.95. The van der Waals surface area contributed by atoms with Crippen LogP contribution in [0.4, 0.5) is 0 Å². The Morgan fingerprint density at radius 3 is 1.89 bits per heavy atom. The Kier molecular flexibility index (Phi) is 6.05. The van der Waals surface area contributed by atoms with Crippen LogP contribution in [0, 0.1) is 0 Å². The van der Waals surface area contributed by atoms with Crippen molar-refractivity contribution in [1.29, 1.82) is 0 Å². The standard InChI is InChI=1S/C31H23N5O/c37-26(20-29-35-32-21-36(29)25-14-8-3-9-15-25)18-22-16-17-27-28(19-22)34-31(24-12-6-2-7-13-24)30(33-27)23-10-4-1-5-11-23/h1-17,19,21H,18,20H2. The fourth-order valence-corrected chi connectivity index (χ4v) is 4.45. The van der Waals surface area contributed by atoms with Gasteiger partial charge in [0.25, 0.3) is 0 Å². The molecular formula is C31H23N5O. The first kappa shape index (κ1) is 22.5. The smallest absolute Gasteiger partial charge is 0.144 e. The summed E-state index contributed by atoms with van der Waals surface area (Å²) in [6.07, 6.45) is 2.11. The molecule has 178 valence electrons. The van der Waals surface area contributed by atoms with E-state index in [4.69, 9.17) is 9.97 Å². The van der Waals surface area contributed by atoms with Crippen LogP contribution in [-0.2, 0) is 17.6 Å². The predicted molar refractivity (Wildman–Crippen MR) is 144 cm³/mol. The van der Waals surface area contributed by atoms with Crippen molar-refractivity contribution in [3.8, 4) is 28.2 Å². The molecular weight excluding hydrogens is 458 g/mol. The Labute approximate surface area is 214 Å². The van der Waals surface area contributed by atoms with Crippen LogP contribution < -0.4 is 0 Å². The molecule has 0 bridgehead atoms. The van der Waals surface area contributed by atoms with Crippen LogP contribution in [0.3, 0.4) is 0 Å². The number of Topliss-reactive ketones (excluding diaryl/α,β-unsaturated/α-hetero) is 1. The summed E-state index contributed by atoms with van der Waals surface area (Å²) in [4.78, 5) is 23.0. The molecule has 0 spiro atoms. The van der Waals surface area contributed by atoms with E-state index in [9.17, 15) is 4.79 Å². The lowest BCUT2D eigenvalue weighted by atomic mass is 10.0. The maximum atomic E-state index is 13.0. The summed E-state index contributed by atoms with van der Waals surface area (Å²) in [7, 11) is 0. The Morgan fingerprint density at radius 1 is 0.649 bits per heavy atom. The van der Waals surface area contributed by atoms with E-state index in [2.05, 4.69) is 10.2 Å². The fourth-order valence-electron chi connectivity index (χ4n) is 4.45. The van der Waals surface area contributed by atoms with Crippen LogP contribution in [0.2, 0.25) is 0 Å². The van der Waals surface area contributed by atoms with Crippen LogP contribution in [0.1, 0.15) is 11.4 Å². The highest BCUT2D eigenvalue weighted by Crippen LogP contribution is 2.31. The van der Waals surface area contributed by atoms with Gasteiger partial charge in [-0.05, 0) is 29.8 Å². The van der Waals surface area contributed by atoms with Crippen molar-refractivity contribution >= 4 is 16.8 Å². The first-order valence-electron chi connectivity index (χ1n) is 12.1. The highest BCUT2D eigenvalue weighted by molar-refractivity contribution is 5.88. The summed E-state index contributed by atoms with van der Waals surface area (Å²) >= 11 is 0. The van der Waals surface area contributed by atoms with Gasteiger partial charge in [-0.15, -0.1) is 10.2 Å². The Bertz CT molecular complexity index is 1680. The molecule has 2 aromatic heterocycles. The largest absolute Gasteiger partial charge is 0.299 e. The van der Waals surface area contributed by atoms with Gasteiger partial charge in [-0.2, -0.15) is 0 Å².